The van der Waals surface area contributed by atoms with Crippen LogP contribution in [0.4, 0.5) is 0 Å². The van der Waals surface area contributed by atoms with E-state index in [1.165, 1.54) is 9.20 Å². The van der Waals surface area contributed by atoms with Crippen LogP contribution in [0.3, 0.4) is 0 Å². The molecule has 1 N–H and O–H groups in total. The Morgan fingerprint density at radius 1 is 1.07 bits per heavy atom. The number of hydrogen-bond donors (Lipinski definition) is 1. The molecule has 3 rings (SSSR count). The summed E-state index contributed by atoms with van der Waals surface area (Å²) in [4.78, 5) is 14.2. The van der Waals surface area contributed by atoms with Gasteiger partial charge in [0.1, 0.15) is 0 Å². The molecule has 0 aromatic heterocycles. The van der Waals surface area contributed by atoms with Gasteiger partial charge in [-0.1, -0.05) is 29.8 Å². The Bertz CT molecular complexity index is 933. The molecular formula is C22H28N2O3S2. The van der Waals surface area contributed by atoms with Crippen molar-refractivity contribution < 1.29 is 13.2 Å². The first-order valence-electron chi connectivity index (χ1n) is 9.82. The standard InChI is InChI=1S/C22H28N2O3S2/c1-16-4-10-21(11-5-16)29(26,27)24-14-12-19(13-15-24)22(25)23-17(2)18-6-8-20(28-3)9-7-18/h4-11,17,19H,12-15H2,1-3H3,(H,23,25). The zero-order chi connectivity index (χ0) is 21.0. The van der Waals surface area contributed by atoms with Crippen molar-refractivity contribution in [1.29, 1.82) is 0 Å². The molecule has 7 heteroatoms. The number of nitrogens with zero attached hydrogens (tertiary/aromatic N) is 1. The lowest BCUT2D eigenvalue weighted by Crippen LogP contribution is -2.43. The number of carbonyl (C=O) groups excluding carboxylic acids is 1. The van der Waals surface area contributed by atoms with Gasteiger partial charge in [-0.25, -0.2) is 8.42 Å². The fourth-order valence-electron chi connectivity index (χ4n) is 3.52. The number of hydrogen-bond acceptors (Lipinski definition) is 4. The number of thioether (sulfide) groups is 1. The number of benzene rings is 2. The molecule has 1 aliphatic heterocycles. The van der Waals surface area contributed by atoms with Crippen molar-refractivity contribution >= 4 is 27.7 Å². The maximum Gasteiger partial charge on any atom is 0.243 e. The Kier molecular flexibility index (Phi) is 7.03. The molecule has 1 heterocycles. The molecule has 1 saturated heterocycles. The van der Waals surface area contributed by atoms with Crippen LogP contribution in [0.15, 0.2) is 58.3 Å². The maximum atomic E-state index is 12.8. The number of sulfonamides is 1. The third-order valence-electron chi connectivity index (χ3n) is 5.46. The molecule has 1 unspecified atom stereocenters. The van der Waals surface area contributed by atoms with Gasteiger partial charge in [-0.3, -0.25) is 4.79 Å². The molecule has 2 aromatic rings. The Morgan fingerprint density at radius 2 is 1.66 bits per heavy atom. The molecule has 1 amide bonds. The largest absolute Gasteiger partial charge is 0.349 e. The SMILES string of the molecule is CSc1ccc(C(C)NC(=O)C2CCN(S(=O)(=O)c3ccc(C)cc3)CC2)cc1. The van der Waals surface area contributed by atoms with Crippen molar-refractivity contribution in [1.82, 2.24) is 9.62 Å². The summed E-state index contributed by atoms with van der Waals surface area (Å²) in [7, 11) is -3.50. The molecule has 0 spiro atoms. The van der Waals surface area contributed by atoms with Gasteiger partial charge in [-0.2, -0.15) is 4.31 Å². The number of nitrogens with one attached hydrogen (secondary N) is 1. The summed E-state index contributed by atoms with van der Waals surface area (Å²) in [6.45, 7) is 4.64. The lowest BCUT2D eigenvalue weighted by molar-refractivity contribution is -0.126. The monoisotopic (exact) mass is 432 g/mol. The van der Waals surface area contributed by atoms with E-state index in [0.717, 1.165) is 11.1 Å². The Hall–Kier alpha value is -1.83. The minimum absolute atomic E-state index is 0.00109. The predicted molar refractivity (Wildman–Crippen MR) is 117 cm³/mol. The molecule has 0 radical (unpaired) electrons. The topological polar surface area (TPSA) is 66.5 Å². The van der Waals surface area contributed by atoms with Gasteiger partial charge in [0.15, 0.2) is 0 Å². The van der Waals surface area contributed by atoms with E-state index >= 15 is 0 Å². The van der Waals surface area contributed by atoms with Crippen molar-refractivity contribution in [3.05, 3.63) is 59.7 Å². The van der Waals surface area contributed by atoms with Crippen molar-refractivity contribution in [3.8, 4) is 0 Å². The fourth-order valence-corrected chi connectivity index (χ4v) is 5.40. The molecular weight excluding hydrogens is 404 g/mol. The third kappa shape index (κ3) is 5.21. The van der Waals surface area contributed by atoms with Gasteiger partial charge in [0.25, 0.3) is 0 Å². The first-order chi connectivity index (χ1) is 13.8. The number of carbonyl (C=O) groups is 1. The maximum absolute atomic E-state index is 12.8. The van der Waals surface area contributed by atoms with Crippen molar-refractivity contribution in [2.24, 2.45) is 5.92 Å². The second-order valence-corrected chi connectivity index (χ2v) is 10.3. The van der Waals surface area contributed by atoms with Crippen LogP contribution in [0, 0.1) is 12.8 Å². The molecule has 0 bridgehead atoms. The normalized spacial score (nSPS) is 17.1. The summed E-state index contributed by atoms with van der Waals surface area (Å²) in [5.74, 6) is -0.161. The number of piperidine rings is 1. The summed E-state index contributed by atoms with van der Waals surface area (Å²) in [6.07, 6.45) is 3.11. The first-order valence-corrected chi connectivity index (χ1v) is 12.5. The van der Waals surface area contributed by atoms with Gasteiger partial charge in [0.2, 0.25) is 15.9 Å². The van der Waals surface area contributed by atoms with Crippen LogP contribution in [-0.4, -0.2) is 38.0 Å². The van der Waals surface area contributed by atoms with Gasteiger partial charge < -0.3 is 5.32 Å². The molecule has 1 aliphatic rings. The van der Waals surface area contributed by atoms with E-state index in [-0.39, 0.29) is 17.9 Å². The first kappa shape index (κ1) is 21.9. The van der Waals surface area contributed by atoms with Gasteiger partial charge in [0.05, 0.1) is 10.9 Å². The number of aryl methyl sites for hydroxylation is 1. The Labute approximate surface area is 177 Å². The average molecular weight is 433 g/mol. The van der Waals surface area contributed by atoms with E-state index in [4.69, 9.17) is 0 Å². The van der Waals surface area contributed by atoms with E-state index in [1.807, 2.05) is 32.2 Å². The number of amides is 1. The summed E-state index contributed by atoms with van der Waals surface area (Å²) >= 11 is 1.69. The molecule has 156 valence electrons. The van der Waals surface area contributed by atoms with Crippen molar-refractivity contribution in [2.75, 3.05) is 19.3 Å². The minimum atomic E-state index is -3.50. The molecule has 0 aliphatic carbocycles. The minimum Gasteiger partial charge on any atom is -0.349 e. The second kappa shape index (κ2) is 9.32. The lowest BCUT2D eigenvalue weighted by atomic mass is 9.96. The molecule has 5 nitrogen and oxygen atoms in total. The van der Waals surface area contributed by atoms with Gasteiger partial charge in [-0.15, -0.1) is 11.8 Å². The highest BCUT2D eigenvalue weighted by Crippen LogP contribution is 2.25. The summed E-state index contributed by atoms with van der Waals surface area (Å²) in [5, 5.41) is 3.08. The molecule has 1 fully saturated rings. The summed E-state index contributed by atoms with van der Waals surface area (Å²) < 4.78 is 27.1. The van der Waals surface area contributed by atoms with Crippen LogP contribution in [0.5, 0.6) is 0 Å². The van der Waals surface area contributed by atoms with Crippen molar-refractivity contribution in [2.45, 2.75) is 42.5 Å². The number of rotatable bonds is 6. The van der Waals surface area contributed by atoms with Crippen LogP contribution in [0.25, 0.3) is 0 Å². The Balaban J connectivity index is 1.56. The van der Waals surface area contributed by atoms with E-state index in [2.05, 4.69) is 17.4 Å². The van der Waals surface area contributed by atoms with Crippen molar-refractivity contribution in [3.63, 3.8) is 0 Å². The van der Waals surface area contributed by atoms with Crippen LogP contribution in [0.1, 0.15) is 36.9 Å². The smallest absolute Gasteiger partial charge is 0.243 e. The quantitative estimate of drug-likeness (QED) is 0.701. The predicted octanol–water partition coefficient (Wildman–Crippen LogP) is 4.00. The lowest BCUT2D eigenvalue weighted by Gasteiger charge is -2.31. The third-order valence-corrected chi connectivity index (χ3v) is 8.11. The van der Waals surface area contributed by atoms with E-state index in [0.29, 0.717) is 30.8 Å². The molecule has 0 saturated carbocycles. The summed E-state index contributed by atoms with van der Waals surface area (Å²) in [5.41, 5.74) is 2.09. The van der Waals surface area contributed by atoms with Gasteiger partial charge >= 0.3 is 0 Å². The van der Waals surface area contributed by atoms with E-state index in [9.17, 15) is 13.2 Å². The fraction of sp³-hybridized carbons (Fsp3) is 0.409. The van der Waals surface area contributed by atoms with Crippen LogP contribution in [-0.2, 0) is 14.8 Å². The van der Waals surface area contributed by atoms with E-state index in [1.54, 1.807) is 36.0 Å². The van der Waals surface area contributed by atoms with Gasteiger partial charge in [0, 0.05) is 23.9 Å². The average Bonchev–Trinajstić information content (AvgIpc) is 2.74. The highest BCUT2D eigenvalue weighted by molar-refractivity contribution is 7.98. The highest BCUT2D eigenvalue weighted by atomic mass is 32.2. The summed E-state index contributed by atoms with van der Waals surface area (Å²) in [6, 6.07) is 15.0. The second-order valence-electron chi connectivity index (χ2n) is 7.49. The zero-order valence-corrected chi connectivity index (χ0v) is 18.7. The molecule has 1 atom stereocenters. The Morgan fingerprint density at radius 3 is 2.21 bits per heavy atom. The van der Waals surface area contributed by atoms with E-state index < -0.39 is 10.0 Å². The van der Waals surface area contributed by atoms with Crippen LogP contribution in [0.2, 0.25) is 0 Å². The van der Waals surface area contributed by atoms with Crippen LogP contribution < -0.4 is 5.32 Å². The molecule has 2 aromatic carbocycles. The zero-order valence-electron chi connectivity index (χ0n) is 17.1. The highest BCUT2D eigenvalue weighted by Gasteiger charge is 2.32. The molecule has 29 heavy (non-hydrogen) atoms. The van der Waals surface area contributed by atoms with Gasteiger partial charge in [-0.05, 0) is 62.8 Å². The van der Waals surface area contributed by atoms with Crippen LogP contribution >= 0.6 is 11.8 Å².